The van der Waals surface area contributed by atoms with Crippen LogP contribution in [0.15, 0.2) is 40.1 Å². The number of nitrogens with zero attached hydrogens (tertiary/aromatic N) is 1. The van der Waals surface area contributed by atoms with Crippen molar-refractivity contribution < 1.29 is 5.11 Å². The highest BCUT2D eigenvalue weighted by Crippen LogP contribution is 2.13. The summed E-state index contributed by atoms with van der Waals surface area (Å²) in [6.45, 7) is 2.51. The van der Waals surface area contributed by atoms with Gasteiger partial charge in [-0.15, -0.1) is 0 Å². The van der Waals surface area contributed by atoms with E-state index in [0.29, 0.717) is 25.1 Å². The molecule has 6 heteroatoms. The van der Waals surface area contributed by atoms with Gasteiger partial charge in [-0.1, -0.05) is 12.1 Å². The van der Waals surface area contributed by atoms with Crippen molar-refractivity contribution in [3.8, 4) is 0 Å². The molecule has 0 aliphatic heterocycles. The van der Waals surface area contributed by atoms with Gasteiger partial charge in [0.2, 0.25) is 0 Å². The fraction of sp³-hybridized carbons (Fsp3) is 0.333. The molecule has 0 radical (unpaired) electrons. The van der Waals surface area contributed by atoms with Crippen LogP contribution in [0.3, 0.4) is 0 Å². The SMILES string of the molecule is Cc1cccc(Nc2cn(CCCCO)c(=O)[nH]c2=O)c1. The molecule has 1 aromatic carbocycles. The number of aromatic amines is 1. The number of rotatable bonds is 6. The number of aryl methyl sites for hydroxylation is 2. The number of H-pyrrole nitrogens is 1. The smallest absolute Gasteiger partial charge is 0.328 e. The Balaban J connectivity index is 2.24. The minimum Gasteiger partial charge on any atom is -0.396 e. The molecule has 6 nitrogen and oxygen atoms in total. The number of hydrogen-bond acceptors (Lipinski definition) is 4. The maximum Gasteiger partial charge on any atom is 0.328 e. The number of unbranched alkanes of at least 4 members (excludes halogenated alkanes) is 1. The Morgan fingerprint density at radius 1 is 1.29 bits per heavy atom. The van der Waals surface area contributed by atoms with Crippen LogP contribution >= 0.6 is 0 Å². The first-order valence-corrected chi connectivity index (χ1v) is 6.88. The topological polar surface area (TPSA) is 87.1 Å². The van der Waals surface area contributed by atoms with Crippen LogP contribution in [0.2, 0.25) is 0 Å². The molecule has 0 aliphatic carbocycles. The zero-order chi connectivity index (χ0) is 15.2. The second-order valence-corrected chi connectivity index (χ2v) is 4.92. The number of hydrogen-bond donors (Lipinski definition) is 3. The predicted octanol–water partition coefficient (Wildman–Crippen LogP) is 1.36. The van der Waals surface area contributed by atoms with E-state index >= 15 is 0 Å². The largest absolute Gasteiger partial charge is 0.396 e. The van der Waals surface area contributed by atoms with Crippen molar-refractivity contribution in [2.24, 2.45) is 0 Å². The Kier molecular flexibility index (Phi) is 4.94. The number of aliphatic hydroxyl groups is 1. The molecular weight excluding hydrogens is 270 g/mol. The summed E-state index contributed by atoms with van der Waals surface area (Å²) >= 11 is 0. The molecule has 0 unspecified atom stereocenters. The van der Waals surface area contributed by atoms with Crippen molar-refractivity contribution >= 4 is 11.4 Å². The Hall–Kier alpha value is -2.34. The summed E-state index contributed by atoms with van der Waals surface area (Å²) < 4.78 is 1.44. The number of nitrogens with one attached hydrogen (secondary N) is 2. The number of aromatic nitrogens is 2. The molecule has 21 heavy (non-hydrogen) atoms. The Morgan fingerprint density at radius 3 is 2.81 bits per heavy atom. The lowest BCUT2D eigenvalue weighted by Crippen LogP contribution is -2.30. The van der Waals surface area contributed by atoms with Crippen LogP contribution < -0.4 is 16.6 Å². The first kappa shape index (κ1) is 15.1. The lowest BCUT2D eigenvalue weighted by molar-refractivity contribution is 0.281. The van der Waals surface area contributed by atoms with Crippen molar-refractivity contribution in [3.05, 3.63) is 56.9 Å². The van der Waals surface area contributed by atoms with Crippen LogP contribution in [-0.2, 0) is 6.54 Å². The maximum atomic E-state index is 11.8. The Morgan fingerprint density at radius 2 is 2.10 bits per heavy atom. The molecule has 0 saturated carbocycles. The molecule has 2 aromatic rings. The van der Waals surface area contributed by atoms with E-state index < -0.39 is 11.2 Å². The average molecular weight is 289 g/mol. The zero-order valence-electron chi connectivity index (χ0n) is 11.9. The van der Waals surface area contributed by atoms with Gasteiger partial charge < -0.3 is 10.4 Å². The molecule has 0 atom stereocenters. The Bertz CT molecular complexity index is 719. The molecule has 0 saturated heterocycles. The van der Waals surface area contributed by atoms with Crippen LogP contribution in [0.1, 0.15) is 18.4 Å². The highest BCUT2D eigenvalue weighted by molar-refractivity contribution is 5.58. The van der Waals surface area contributed by atoms with Gasteiger partial charge in [0, 0.05) is 25.0 Å². The van der Waals surface area contributed by atoms with Crippen LogP contribution in [0.5, 0.6) is 0 Å². The normalized spacial score (nSPS) is 10.6. The lowest BCUT2D eigenvalue weighted by Gasteiger charge is -2.09. The van der Waals surface area contributed by atoms with Gasteiger partial charge in [-0.25, -0.2) is 4.79 Å². The summed E-state index contributed by atoms with van der Waals surface area (Å²) in [5.74, 6) is 0. The Labute approximate surface area is 122 Å². The van der Waals surface area contributed by atoms with E-state index in [2.05, 4.69) is 10.3 Å². The minimum atomic E-state index is -0.445. The first-order chi connectivity index (χ1) is 10.1. The fourth-order valence-electron chi connectivity index (χ4n) is 2.04. The average Bonchev–Trinajstić information content (AvgIpc) is 2.44. The van der Waals surface area contributed by atoms with E-state index in [-0.39, 0.29) is 6.61 Å². The zero-order valence-corrected chi connectivity index (χ0v) is 11.9. The third kappa shape index (κ3) is 4.06. The molecule has 0 fully saturated rings. The first-order valence-electron chi connectivity index (χ1n) is 6.88. The van der Waals surface area contributed by atoms with E-state index in [4.69, 9.17) is 5.11 Å². The second kappa shape index (κ2) is 6.90. The predicted molar refractivity (Wildman–Crippen MR) is 82.1 cm³/mol. The molecule has 3 N–H and O–H groups in total. The number of aliphatic hydroxyl groups excluding tert-OH is 1. The van der Waals surface area contributed by atoms with Crippen molar-refractivity contribution in [1.82, 2.24) is 9.55 Å². The van der Waals surface area contributed by atoms with Gasteiger partial charge >= 0.3 is 5.69 Å². The van der Waals surface area contributed by atoms with E-state index in [1.807, 2.05) is 31.2 Å². The fourth-order valence-corrected chi connectivity index (χ4v) is 2.04. The summed E-state index contributed by atoms with van der Waals surface area (Å²) in [7, 11) is 0. The molecular formula is C15H19N3O3. The summed E-state index contributed by atoms with van der Waals surface area (Å²) in [4.78, 5) is 25.8. The second-order valence-electron chi connectivity index (χ2n) is 4.92. The van der Waals surface area contributed by atoms with Gasteiger partial charge in [-0.05, 0) is 37.5 Å². The molecule has 1 heterocycles. The van der Waals surface area contributed by atoms with Crippen molar-refractivity contribution in [1.29, 1.82) is 0 Å². The van der Waals surface area contributed by atoms with Crippen LogP contribution in [0.25, 0.3) is 0 Å². The van der Waals surface area contributed by atoms with Gasteiger partial charge in [0.15, 0.2) is 0 Å². The van der Waals surface area contributed by atoms with Gasteiger partial charge in [0.1, 0.15) is 5.69 Å². The highest BCUT2D eigenvalue weighted by atomic mass is 16.3. The van der Waals surface area contributed by atoms with Gasteiger partial charge in [0.25, 0.3) is 5.56 Å². The summed E-state index contributed by atoms with van der Waals surface area (Å²) in [5, 5.41) is 11.8. The summed E-state index contributed by atoms with van der Waals surface area (Å²) in [5.41, 5.74) is 1.31. The van der Waals surface area contributed by atoms with E-state index in [9.17, 15) is 9.59 Å². The quantitative estimate of drug-likeness (QED) is 0.701. The molecule has 0 aliphatic rings. The van der Waals surface area contributed by atoms with Crippen molar-refractivity contribution in [2.45, 2.75) is 26.3 Å². The molecule has 1 aromatic heterocycles. The molecule has 112 valence electrons. The lowest BCUT2D eigenvalue weighted by atomic mass is 10.2. The third-order valence-corrected chi connectivity index (χ3v) is 3.12. The van der Waals surface area contributed by atoms with E-state index in [0.717, 1.165) is 11.3 Å². The molecule has 0 amide bonds. The van der Waals surface area contributed by atoms with Crippen molar-refractivity contribution in [2.75, 3.05) is 11.9 Å². The third-order valence-electron chi connectivity index (χ3n) is 3.12. The molecule has 2 rings (SSSR count). The van der Waals surface area contributed by atoms with E-state index in [1.165, 1.54) is 10.8 Å². The number of anilines is 2. The van der Waals surface area contributed by atoms with Gasteiger partial charge in [-0.2, -0.15) is 0 Å². The van der Waals surface area contributed by atoms with Crippen LogP contribution in [0.4, 0.5) is 11.4 Å². The summed E-state index contributed by atoms with van der Waals surface area (Å²) in [6, 6.07) is 7.63. The molecule has 0 bridgehead atoms. The van der Waals surface area contributed by atoms with E-state index in [1.54, 1.807) is 0 Å². The van der Waals surface area contributed by atoms with Crippen LogP contribution in [0, 0.1) is 6.92 Å². The highest BCUT2D eigenvalue weighted by Gasteiger charge is 2.05. The van der Waals surface area contributed by atoms with Gasteiger partial charge in [-0.3, -0.25) is 14.3 Å². The summed E-state index contributed by atoms with van der Waals surface area (Å²) in [6.07, 6.45) is 2.80. The minimum absolute atomic E-state index is 0.0898. The van der Waals surface area contributed by atoms with Crippen molar-refractivity contribution in [3.63, 3.8) is 0 Å². The molecule has 0 spiro atoms. The number of benzene rings is 1. The maximum absolute atomic E-state index is 11.8. The van der Waals surface area contributed by atoms with Crippen LogP contribution in [-0.4, -0.2) is 21.3 Å². The standard InChI is InChI=1S/C15H19N3O3/c1-11-5-4-6-12(9-11)16-13-10-18(7-2-3-8-19)15(21)17-14(13)20/h4-6,9-10,16,19H,2-3,7-8H2,1H3,(H,17,20,21). The van der Waals surface area contributed by atoms with Gasteiger partial charge in [0.05, 0.1) is 0 Å². The monoisotopic (exact) mass is 289 g/mol.